The molecule has 0 bridgehead atoms. The fraction of sp³-hybridized carbons (Fsp3) is 0.385. The Balaban J connectivity index is 2.45. The number of hydrogen-bond donors (Lipinski definition) is 0. The minimum atomic E-state index is -4.32. The normalized spacial score (nSPS) is 11.0. The molecule has 0 fully saturated rings. The first-order valence-electron chi connectivity index (χ1n) is 5.48. The van der Waals surface area contributed by atoms with Gasteiger partial charge in [-0.15, -0.1) is 0 Å². The van der Waals surface area contributed by atoms with Crippen molar-refractivity contribution in [3.05, 3.63) is 35.4 Å². The maximum absolute atomic E-state index is 12.3. The first-order chi connectivity index (χ1) is 8.43. The van der Waals surface area contributed by atoms with Crippen molar-refractivity contribution in [2.24, 2.45) is 0 Å². The standard InChI is InChI=1S/C13H12F3NO/c14-13(15,16)11-6-4-10(5-7-11)2-1-3-12(18)8-9-17/h4-7H,1-3,8H2. The molecule has 0 unspecified atom stereocenters. The Labute approximate surface area is 103 Å². The second-order valence-corrected chi connectivity index (χ2v) is 3.92. The van der Waals surface area contributed by atoms with Crippen LogP contribution in [0.2, 0.25) is 0 Å². The van der Waals surface area contributed by atoms with Crippen LogP contribution in [0.25, 0.3) is 0 Å². The molecule has 18 heavy (non-hydrogen) atoms. The zero-order chi connectivity index (χ0) is 13.6. The van der Waals surface area contributed by atoms with E-state index in [2.05, 4.69) is 0 Å². The molecule has 0 N–H and O–H groups in total. The Morgan fingerprint density at radius 3 is 2.33 bits per heavy atom. The third kappa shape index (κ3) is 4.58. The molecule has 0 heterocycles. The third-order valence-electron chi connectivity index (χ3n) is 2.48. The second kappa shape index (κ2) is 6.20. The van der Waals surface area contributed by atoms with Gasteiger partial charge in [0.25, 0.3) is 0 Å². The smallest absolute Gasteiger partial charge is 0.299 e. The summed E-state index contributed by atoms with van der Waals surface area (Å²) >= 11 is 0. The van der Waals surface area contributed by atoms with Crippen LogP contribution < -0.4 is 0 Å². The summed E-state index contributed by atoms with van der Waals surface area (Å²) in [5, 5.41) is 8.28. The van der Waals surface area contributed by atoms with Gasteiger partial charge in [-0.05, 0) is 30.5 Å². The van der Waals surface area contributed by atoms with Gasteiger partial charge in [-0.25, -0.2) is 0 Å². The Morgan fingerprint density at radius 1 is 1.22 bits per heavy atom. The zero-order valence-corrected chi connectivity index (χ0v) is 9.63. The molecule has 96 valence electrons. The summed E-state index contributed by atoms with van der Waals surface area (Å²) in [5.41, 5.74) is 0.0829. The van der Waals surface area contributed by atoms with Crippen LogP contribution in [0.3, 0.4) is 0 Å². The van der Waals surface area contributed by atoms with Crippen LogP contribution in [0.4, 0.5) is 13.2 Å². The number of carbonyl (C=O) groups excluding carboxylic acids is 1. The van der Waals surface area contributed by atoms with Gasteiger partial charge in [0.05, 0.1) is 18.1 Å². The quantitative estimate of drug-likeness (QED) is 0.807. The van der Waals surface area contributed by atoms with Gasteiger partial charge >= 0.3 is 6.18 Å². The molecule has 0 aliphatic carbocycles. The number of ketones is 1. The minimum absolute atomic E-state index is 0.104. The van der Waals surface area contributed by atoms with E-state index in [-0.39, 0.29) is 18.6 Å². The first-order valence-corrected chi connectivity index (χ1v) is 5.48. The number of nitriles is 1. The molecule has 0 aliphatic heterocycles. The summed E-state index contributed by atoms with van der Waals surface area (Å²) in [6, 6.07) is 6.66. The number of halogens is 3. The number of alkyl halides is 3. The average Bonchev–Trinajstić information content (AvgIpc) is 2.29. The molecule has 0 saturated carbocycles. The highest BCUT2D eigenvalue weighted by Gasteiger charge is 2.29. The number of carbonyl (C=O) groups is 1. The van der Waals surface area contributed by atoms with Gasteiger partial charge in [-0.2, -0.15) is 18.4 Å². The van der Waals surface area contributed by atoms with Crippen LogP contribution in [-0.4, -0.2) is 5.78 Å². The van der Waals surface area contributed by atoms with Gasteiger partial charge in [-0.3, -0.25) is 4.79 Å². The molecular weight excluding hydrogens is 243 g/mol. The SMILES string of the molecule is N#CCC(=O)CCCc1ccc(C(F)(F)F)cc1. The summed E-state index contributed by atoms with van der Waals surface area (Å²) in [4.78, 5) is 11.0. The fourth-order valence-electron chi connectivity index (χ4n) is 1.53. The first kappa shape index (κ1) is 14.2. The maximum Gasteiger partial charge on any atom is 0.416 e. The van der Waals surface area contributed by atoms with Gasteiger partial charge in [0.2, 0.25) is 0 Å². The number of nitrogens with zero attached hydrogens (tertiary/aromatic N) is 1. The van der Waals surface area contributed by atoms with Crippen molar-refractivity contribution >= 4 is 5.78 Å². The molecule has 0 aliphatic rings. The van der Waals surface area contributed by atoms with Crippen LogP contribution in [0, 0.1) is 11.3 Å². The fourth-order valence-corrected chi connectivity index (χ4v) is 1.53. The van der Waals surface area contributed by atoms with E-state index in [4.69, 9.17) is 5.26 Å². The summed E-state index contributed by atoms with van der Waals surface area (Å²) < 4.78 is 36.9. The largest absolute Gasteiger partial charge is 0.416 e. The average molecular weight is 255 g/mol. The van der Waals surface area contributed by atoms with E-state index in [1.807, 2.05) is 0 Å². The maximum atomic E-state index is 12.3. The molecule has 0 aromatic heterocycles. The van der Waals surface area contributed by atoms with Crippen LogP contribution in [0.5, 0.6) is 0 Å². The molecule has 1 rings (SSSR count). The van der Waals surface area contributed by atoms with Crippen molar-refractivity contribution in [2.75, 3.05) is 0 Å². The highest BCUT2D eigenvalue weighted by atomic mass is 19.4. The van der Waals surface area contributed by atoms with Crippen molar-refractivity contribution in [1.29, 1.82) is 5.26 Å². The number of hydrogen-bond acceptors (Lipinski definition) is 2. The van der Waals surface area contributed by atoms with E-state index in [1.165, 1.54) is 12.1 Å². The number of rotatable bonds is 5. The predicted octanol–water partition coefficient (Wildman–Crippen LogP) is 3.51. The van der Waals surface area contributed by atoms with Gasteiger partial charge in [-0.1, -0.05) is 12.1 Å². The summed E-state index contributed by atoms with van der Waals surface area (Å²) in [6.07, 6.45) is -3.05. The Kier molecular flexibility index (Phi) is 4.90. The van der Waals surface area contributed by atoms with E-state index in [1.54, 1.807) is 6.07 Å². The van der Waals surface area contributed by atoms with Crippen molar-refractivity contribution < 1.29 is 18.0 Å². The number of aryl methyl sites for hydroxylation is 1. The van der Waals surface area contributed by atoms with Crippen LogP contribution >= 0.6 is 0 Å². The highest BCUT2D eigenvalue weighted by molar-refractivity contribution is 5.80. The lowest BCUT2D eigenvalue weighted by atomic mass is 10.0. The molecule has 0 saturated heterocycles. The molecule has 0 radical (unpaired) electrons. The number of Topliss-reactive ketones (excluding diaryl/α,β-unsaturated/α-hetero) is 1. The van der Waals surface area contributed by atoms with Crippen LogP contribution in [-0.2, 0) is 17.4 Å². The van der Waals surface area contributed by atoms with Gasteiger partial charge in [0, 0.05) is 6.42 Å². The Morgan fingerprint density at radius 2 is 1.83 bits per heavy atom. The Bertz CT molecular complexity index is 443. The van der Waals surface area contributed by atoms with E-state index in [0.29, 0.717) is 12.8 Å². The van der Waals surface area contributed by atoms with E-state index in [0.717, 1.165) is 17.7 Å². The van der Waals surface area contributed by atoms with E-state index < -0.39 is 11.7 Å². The zero-order valence-electron chi connectivity index (χ0n) is 9.63. The topological polar surface area (TPSA) is 40.9 Å². The summed E-state index contributed by atoms with van der Waals surface area (Å²) in [5.74, 6) is -0.135. The van der Waals surface area contributed by atoms with E-state index in [9.17, 15) is 18.0 Å². The number of benzene rings is 1. The lowest BCUT2D eigenvalue weighted by Gasteiger charge is -2.07. The molecule has 2 nitrogen and oxygen atoms in total. The van der Waals surface area contributed by atoms with Crippen LogP contribution in [0.15, 0.2) is 24.3 Å². The Hall–Kier alpha value is -1.83. The van der Waals surface area contributed by atoms with Crippen LogP contribution in [0.1, 0.15) is 30.4 Å². The molecule has 1 aromatic carbocycles. The molecule has 1 aromatic rings. The molecule has 0 atom stereocenters. The predicted molar refractivity (Wildman–Crippen MR) is 59.6 cm³/mol. The third-order valence-corrected chi connectivity index (χ3v) is 2.48. The van der Waals surface area contributed by atoms with E-state index >= 15 is 0 Å². The van der Waals surface area contributed by atoms with Crippen molar-refractivity contribution in [1.82, 2.24) is 0 Å². The minimum Gasteiger partial charge on any atom is -0.299 e. The second-order valence-electron chi connectivity index (χ2n) is 3.92. The van der Waals surface area contributed by atoms with Gasteiger partial charge in [0.15, 0.2) is 0 Å². The molecule has 0 amide bonds. The highest BCUT2D eigenvalue weighted by Crippen LogP contribution is 2.29. The lowest BCUT2D eigenvalue weighted by Crippen LogP contribution is -2.04. The molecule has 0 spiro atoms. The van der Waals surface area contributed by atoms with Crippen molar-refractivity contribution in [3.8, 4) is 6.07 Å². The lowest BCUT2D eigenvalue weighted by molar-refractivity contribution is -0.137. The monoisotopic (exact) mass is 255 g/mol. The van der Waals surface area contributed by atoms with Crippen molar-refractivity contribution in [2.45, 2.75) is 31.9 Å². The van der Waals surface area contributed by atoms with Gasteiger partial charge in [0.1, 0.15) is 5.78 Å². The van der Waals surface area contributed by atoms with Gasteiger partial charge < -0.3 is 0 Å². The van der Waals surface area contributed by atoms with Crippen molar-refractivity contribution in [3.63, 3.8) is 0 Å². The summed E-state index contributed by atoms with van der Waals surface area (Å²) in [6.45, 7) is 0. The molecular formula is C13H12F3NO. The summed E-state index contributed by atoms with van der Waals surface area (Å²) in [7, 11) is 0. The molecule has 5 heteroatoms.